The number of unbranched alkanes of at least 4 members (excludes halogenated alkanes) is 2. The quantitative estimate of drug-likeness (QED) is 0.527. The van der Waals surface area contributed by atoms with Crippen molar-refractivity contribution in [3.05, 3.63) is 29.8 Å². The Labute approximate surface area is 138 Å². The molecule has 0 aliphatic carbocycles. The van der Waals surface area contributed by atoms with E-state index >= 15 is 0 Å². The third-order valence-electron chi connectivity index (χ3n) is 3.34. The third-order valence-corrected chi connectivity index (χ3v) is 3.34. The summed E-state index contributed by atoms with van der Waals surface area (Å²) in [6.07, 6.45) is 3.99. The molecule has 0 saturated heterocycles. The van der Waals surface area contributed by atoms with Crippen LogP contribution in [0, 0.1) is 0 Å². The maximum absolute atomic E-state index is 11.8. The first-order valence-electron chi connectivity index (χ1n) is 8.31. The Balaban J connectivity index is 2.46. The molecule has 6 heteroatoms. The van der Waals surface area contributed by atoms with Crippen molar-refractivity contribution in [3.8, 4) is 0 Å². The molecule has 1 rings (SSSR count). The summed E-state index contributed by atoms with van der Waals surface area (Å²) in [5.41, 5.74) is 1.57. The summed E-state index contributed by atoms with van der Waals surface area (Å²) in [5.74, 6) is 0. The van der Waals surface area contributed by atoms with Gasteiger partial charge in [-0.05, 0) is 24.5 Å². The second kappa shape index (κ2) is 11.3. The van der Waals surface area contributed by atoms with Crippen LogP contribution in [0.1, 0.15) is 45.1 Å². The standard InChI is InChI=1S/C17H28N4O2/c1-3-5-11-18-16(22)20-13-14-9-7-8-10-15(14)21-17(23)19-12-6-4-2/h7-10H,3-6,11-13H2,1-2H3,(H2,18,20,22)(H2,19,21,23). The molecule has 1 aromatic carbocycles. The van der Waals surface area contributed by atoms with Crippen molar-refractivity contribution in [3.63, 3.8) is 0 Å². The molecule has 0 fully saturated rings. The monoisotopic (exact) mass is 320 g/mol. The zero-order chi connectivity index (χ0) is 16.9. The minimum atomic E-state index is -0.224. The highest BCUT2D eigenvalue weighted by Crippen LogP contribution is 2.14. The Morgan fingerprint density at radius 1 is 0.870 bits per heavy atom. The molecule has 0 spiro atoms. The Kier molecular flexibility index (Phi) is 9.28. The number of rotatable bonds is 9. The molecule has 4 N–H and O–H groups in total. The predicted octanol–water partition coefficient (Wildman–Crippen LogP) is 3.21. The summed E-state index contributed by atoms with van der Waals surface area (Å²) < 4.78 is 0. The number of urea groups is 2. The molecular formula is C17H28N4O2. The van der Waals surface area contributed by atoms with Crippen molar-refractivity contribution < 1.29 is 9.59 Å². The smallest absolute Gasteiger partial charge is 0.319 e. The number of hydrogen-bond donors (Lipinski definition) is 4. The van der Waals surface area contributed by atoms with Crippen LogP contribution in [0.5, 0.6) is 0 Å². The van der Waals surface area contributed by atoms with Crippen LogP contribution in [0.4, 0.5) is 15.3 Å². The third kappa shape index (κ3) is 8.09. The molecule has 0 saturated carbocycles. The number of carbonyl (C=O) groups excluding carboxylic acids is 2. The summed E-state index contributed by atoms with van der Waals surface area (Å²) in [5, 5.41) is 11.2. The average Bonchev–Trinajstić information content (AvgIpc) is 2.54. The van der Waals surface area contributed by atoms with Crippen molar-refractivity contribution in [1.82, 2.24) is 16.0 Å². The van der Waals surface area contributed by atoms with E-state index in [1.54, 1.807) is 0 Å². The molecule has 4 amide bonds. The van der Waals surface area contributed by atoms with Gasteiger partial charge in [0, 0.05) is 25.3 Å². The van der Waals surface area contributed by atoms with Gasteiger partial charge in [0.15, 0.2) is 0 Å². The highest BCUT2D eigenvalue weighted by Gasteiger charge is 2.07. The van der Waals surface area contributed by atoms with Crippen molar-refractivity contribution in [2.75, 3.05) is 18.4 Å². The molecule has 0 heterocycles. The number of benzene rings is 1. The maximum atomic E-state index is 11.8. The van der Waals surface area contributed by atoms with Gasteiger partial charge in [-0.25, -0.2) is 9.59 Å². The molecule has 0 unspecified atom stereocenters. The maximum Gasteiger partial charge on any atom is 0.319 e. The Morgan fingerprint density at radius 2 is 1.48 bits per heavy atom. The fourth-order valence-corrected chi connectivity index (χ4v) is 1.96. The minimum Gasteiger partial charge on any atom is -0.338 e. The van der Waals surface area contributed by atoms with Crippen LogP contribution in [-0.4, -0.2) is 25.2 Å². The number of amides is 4. The van der Waals surface area contributed by atoms with Crippen molar-refractivity contribution in [2.45, 2.75) is 46.1 Å². The molecule has 0 aromatic heterocycles. The number of nitrogens with one attached hydrogen (secondary N) is 4. The van der Waals surface area contributed by atoms with Crippen LogP contribution in [0.3, 0.4) is 0 Å². The van der Waals surface area contributed by atoms with E-state index in [0.717, 1.165) is 31.2 Å². The first kappa shape index (κ1) is 18.8. The van der Waals surface area contributed by atoms with Gasteiger partial charge in [0.05, 0.1) is 0 Å². The zero-order valence-corrected chi connectivity index (χ0v) is 14.1. The second-order valence-corrected chi connectivity index (χ2v) is 5.35. The van der Waals surface area contributed by atoms with Crippen molar-refractivity contribution >= 4 is 17.7 Å². The van der Waals surface area contributed by atoms with Gasteiger partial charge in [0.1, 0.15) is 0 Å². The van der Waals surface area contributed by atoms with E-state index in [1.165, 1.54) is 0 Å². The molecule has 128 valence electrons. The summed E-state index contributed by atoms with van der Waals surface area (Å²) in [6.45, 7) is 5.84. The molecule has 0 bridgehead atoms. The SMILES string of the molecule is CCCCNC(=O)NCc1ccccc1NC(=O)NCCCC. The first-order chi connectivity index (χ1) is 11.2. The lowest BCUT2D eigenvalue weighted by molar-refractivity contribution is 0.240. The van der Waals surface area contributed by atoms with Crippen LogP contribution in [0.25, 0.3) is 0 Å². The van der Waals surface area contributed by atoms with Crippen LogP contribution in [-0.2, 0) is 6.54 Å². The number of anilines is 1. The molecule has 1 aromatic rings. The van der Waals surface area contributed by atoms with E-state index in [4.69, 9.17) is 0 Å². The lowest BCUT2D eigenvalue weighted by Crippen LogP contribution is -2.36. The molecular weight excluding hydrogens is 292 g/mol. The van der Waals surface area contributed by atoms with Crippen LogP contribution >= 0.6 is 0 Å². The Hall–Kier alpha value is -2.24. The lowest BCUT2D eigenvalue weighted by Gasteiger charge is -2.13. The molecule has 0 aliphatic rings. The van der Waals surface area contributed by atoms with Crippen molar-refractivity contribution in [2.24, 2.45) is 0 Å². The number of carbonyl (C=O) groups is 2. The second-order valence-electron chi connectivity index (χ2n) is 5.35. The molecule has 0 radical (unpaired) electrons. The first-order valence-corrected chi connectivity index (χ1v) is 8.31. The van der Waals surface area contributed by atoms with Crippen LogP contribution in [0.2, 0.25) is 0 Å². The normalized spacial score (nSPS) is 10.0. The van der Waals surface area contributed by atoms with Gasteiger partial charge in [0.25, 0.3) is 0 Å². The van der Waals surface area contributed by atoms with Gasteiger partial charge in [-0.1, -0.05) is 44.9 Å². The minimum absolute atomic E-state index is 0.194. The van der Waals surface area contributed by atoms with Gasteiger partial charge >= 0.3 is 12.1 Å². The Morgan fingerprint density at radius 3 is 2.13 bits per heavy atom. The van der Waals surface area contributed by atoms with Gasteiger partial charge < -0.3 is 21.3 Å². The van der Waals surface area contributed by atoms with Crippen LogP contribution in [0.15, 0.2) is 24.3 Å². The van der Waals surface area contributed by atoms with E-state index in [1.807, 2.05) is 24.3 Å². The number of hydrogen-bond acceptors (Lipinski definition) is 2. The average molecular weight is 320 g/mol. The summed E-state index contributed by atoms with van der Waals surface area (Å²) in [4.78, 5) is 23.5. The van der Waals surface area contributed by atoms with Gasteiger partial charge in [0.2, 0.25) is 0 Å². The van der Waals surface area contributed by atoms with E-state index in [-0.39, 0.29) is 12.1 Å². The zero-order valence-electron chi connectivity index (χ0n) is 14.1. The lowest BCUT2D eigenvalue weighted by atomic mass is 10.2. The van der Waals surface area contributed by atoms with Crippen LogP contribution < -0.4 is 21.3 Å². The summed E-state index contributed by atoms with van der Waals surface area (Å²) in [6, 6.07) is 7.02. The highest BCUT2D eigenvalue weighted by atomic mass is 16.2. The van der Waals surface area contributed by atoms with E-state index in [0.29, 0.717) is 25.3 Å². The van der Waals surface area contributed by atoms with Gasteiger partial charge in [-0.3, -0.25) is 0 Å². The van der Waals surface area contributed by atoms with Gasteiger partial charge in [-0.2, -0.15) is 0 Å². The van der Waals surface area contributed by atoms with E-state index < -0.39 is 0 Å². The highest BCUT2D eigenvalue weighted by molar-refractivity contribution is 5.90. The van der Waals surface area contributed by atoms with E-state index in [2.05, 4.69) is 35.1 Å². The molecule has 23 heavy (non-hydrogen) atoms. The topological polar surface area (TPSA) is 82.3 Å². The van der Waals surface area contributed by atoms with E-state index in [9.17, 15) is 9.59 Å². The van der Waals surface area contributed by atoms with Crippen molar-refractivity contribution in [1.29, 1.82) is 0 Å². The number of para-hydroxylation sites is 1. The Bertz CT molecular complexity index is 491. The fourth-order valence-electron chi connectivity index (χ4n) is 1.96. The summed E-state index contributed by atoms with van der Waals surface area (Å²) >= 11 is 0. The van der Waals surface area contributed by atoms with Gasteiger partial charge in [-0.15, -0.1) is 0 Å². The molecule has 0 aliphatic heterocycles. The molecule has 0 atom stereocenters. The summed E-state index contributed by atoms with van der Waals surface area (Å²) in [7, 11) is 0. The molecule has 6 nitrogen and oxygen atoms in total. The predicted molar refractivity (Wildman–Crippen MR) is 93.5 cm³/mol. The largest absolute Gasteiger partial charge is 0.338 e. The fraction of sp³-hybridized carbons (Fsp3) is 0.529.